The number of hydrogen-bond donors (Lipinski definition) is 1. The Kier molecular flexibility index (Phi) is 4.98. The molecule has 0 saturated heterocycles. The molecule has 1 saturated carbocycles. The smallest absolute Gasteiger partial charge is 0.209 e. The third-order valence-corrected chi connectivity index (χ3v) is 4.21. The van der Waals surface area contributed by atoms with Crippen LogP contribution in [0.3, 0.4) is 0 Å². The SMILES string of the molecule is CC(C)(C)C(COCCC1CC1)CS(N)(=O)=O. The molecule has 1 rings (SSSR count). The minimum Gasteiger partial charge on any atom is -0.381 e. The van der Waals surface area contributed by atoms with E-state index in [0.717, 1.165) is 18.9 Å². The lowest BCUT2D eigenvalue weighted by atomic mass is 9.82. The van der Waals surface area contributed by atoms with Crippen molar-refractivity contribution < 1.29 is 13.2 Å². The molecule has 17 heavy (non-hydrogen) atoms. The summed E-state index contributed by atoms with van der Waals surface area (Å²) in [6.07, 6.45) is 3.75. The van der Waals surface area contributed by atoms with E-state index < -0.39 is 10.0 Å². The Morgan fingerprint density at radius 2 is 1.94 bits per heavy atom. The van der Waals surface area contributed by atoms with Gasteiger partial charge in [0.25, 0.3) is 0 Å². The van der Waals surface area contributed by atoms with Gasteiger partial charge in [0.05, 0.1) is 12.4 Å². The van der Waals surface area contributed by atoms with E-state index in [9.17, 15) is 8.42 Å². The van der Waals surface area contributed by atoms with Gasteiger partial charge in [-0.2, -0.15) is 0 Å². The van der Waals surface area contributed by atoms with Gasteiger partial charge in [0.1, 0.15) is 0 Å². The van der Waals surface area contributed by atoms with Crippen LogP contribution in [-0.2, 0) is 14.8 Å². The van der Waals surface area contributed by atoms with Crippen LogP contribution in [0.15, 0.2) is 0 Å². The van der Waals surface area contributed by atoms with Crippen LogP contribution in [0.4, 0.5) is 0 Å². The first-order valence-electron chi connectivity index (χ1n) is 6.26. The van der Waals surface area contributed by atoms with E-state index >= 15 is 0 Å². The molecule has 0 aliphatic heterocycles. The van der Waals surface area contributed by atoms with Gasteiger partial charge in [-0.15, -0.1) is 0 Å². The fourth-order valence-electron chi connectivity index (χ4n) is 1.71. The van der Waals surface area contributed by atoms with Gasteiger partial charge in [-0.05, 0) is 17.8 Å². The highest BCUT2D eigenvalue weighted by atomic mass is 32.2. The molecule has 4 nitrogen and oxygen atoms in total. The first kappa shape index (κ1) is 14.9. The topological polar surface area (TPSA) is 69.4 Å². The van der Waals surface area contributed by atoms with Crippen molar-refractivity contribution in [3.63, 3.8) is 0 Å². The van der Waals surface area contributed by atoms with Gasteiger partial charge >= 0.3 is 0 Å². The van der Waals surface area contributed by atoms with Gasteiger partial charge in [-0.3, -0.25) is 0 Å². The van der Waals surface area contributed by atoms with E-state index in [1.807, 2.05) is 20.8 Å². The van der Waals surface area contributed by atoms with Crippen LogP contribution in [-0.4, -0.2) is 27.4 Å². The van der Waals surface area contributed by atoms with Crippen molar-refractivity contribution in [1.29, 1.82) is 0 Å². The summed E-state index contributed by atoms with van der Waals surface area (Å²) >= 11 is 0. The zero-order chi connectivity index (χ0) is 13.1. The highest BCUT2D eigenvalue weighted by Gasteiger charge is 2.29. The van der Waals surface area contributed by atoms with Crippen LogP contribution in [0.2, 0.25) is 0 Å². The van der Waals surface area contributed by atoms with E-state index in [0.29, 0.717) is 6.61 Å². The predicted molar refractivity (Wildman–Crippen MR) is 69.1 cm³/mol. The third kappa shape index (κ3) is 7.01. The van der Waals surface area contributed by atoms with Crippen LogP contribution >= 0.6 is 0 Å². The molecule has 0 spiro atoms. The fourth-order valence-corrected chi connectivity index (χ4v) is 2.87. The van der Waals surface area contributed by atoms with E-state index in [4.69, 9.17) is 9.88 Å². The van der Waals surface area contributed by atoms with Crippen molar-refractivity contribution in [2.24, 2.45) is 22.4 Å². The molecule has 102 valence electrons. The first-order chi connectivity index (χ1) is 7.68. The lowest BCUT2D eigenvalue weighted by Gasteiger charge is -2.29. The summed E-state index contributed by atoms with van der Waals surface area (Å²) in [4.78, 5) is 0. The Morgan fingerprint density at radius 3 is 2.35 bits per heavy atom. The molecule has 0 aromatic heterocycles. The normalized spacial score (nSPS) is 19.3. The predicted octanol–water partition coefficient (Wildman–Crippen LogP) is 1.75. The van der Waals surface area contributed by atoms with Gasteiger partial charge in [0.2, 0.25) is 10.0 Å². The highest BCUT2D eigenvalue weighted by Crippen LogP contribution is 2.32. The third-order valence-electron chi connectivity index (χ3n) is 3.34. The Labute approximate surface area is 105 Å². The molecule has 1 aliphatic rings. The Balaban J connectivity index is 2.34. The van der Waals surface area contributed by atoms with Gasteiger partial charge in [0.15, 0.2) is 0 Å². The molecule has 0 amide bonds. The maximum atomic E-state index is 11.2. The van der Waals surface area contributed by atoms with Crippen LogP contribution in [0.5, 0.6) is 0 Å². The monoisotopic (exact) mass is 263 g/mol. The fraction of sp³-hybridized carbons (Fsp3) is 1.00. The van der Waals surface area contributed by atoms with Gasteiger partial charge in [-0.25, -0.2) is 13.6 Å². The van der Waals surface area contributed by atoms with E-state index in [2.05, 4.69) is 0 Å². The molecule has 0 aromatic rings. The zero-order valence-corrected chi connectivity index (χ0v) is 11.9. The lowest BCUT2D eigenvalue weighted by Crippen LogP contribution is -2.34. The summed E-state index contributed by atoms with van der Waals surface area (Å²) in [5, 5.41) is 5.11. The number of nitrogens with two attached hydrogens (primary N) is 1. The molecule has 0 radical (unpaired) electrons. The maximum Gasteiger partial charge on any atom is 0.209 e. The summed E-state index contributed by atoms with van der Waals surface area (Å²) in [7, 11) is -3.43. The molecule has 0 bridgehead atoms. The van der Waals surface area contributed by atoms with Crippen molar-refractivity contribution in [1.82, 2.24) is 0 Å². The Hall–Kier alpha value is -0.130. The maximum absolute atomic E-state index is 11.2. The second-order valence-electron chi connectivity index (χ2n) is 6.20. The largest absolute Gasteiger partial charge is 0.381 e. The summed E-state index contributed by atoms with van der Waals surface area (Å²) in [6, 6.07) is 0. The minimum atomic E-state index is -3.43. The van der Waals surface area contributed by atoms with Crippen LogP contribution in [0.25, 0.3) is 0 Å². The van der Waals surface area contributed by atoms with Crippen LogP contribution in [0, 0.1) is 17.3 Å². The van der Waals surface area contributed by atoms with E-state index in [-0.39, 0.29) is 17.1 Å². The summed E-state index contributed by atoms with van der Waals surface area (Å²) in [5.41, 5.74) is -0.105. The molecule has 5 heteroatoms. The molecule has 1 unspecified atom stereocenters. The van der Waals surface area contributed by atoms with Crippen molar-refractivity contribution in [2.45, 2.75) is 40.0 Å². The summed E-state index contributed by atoms with van der Waals surface area (Å²) in [6.45, 7) is 7.28. The zero-order valence-electron chi connectivity index (χ0n) is 11.1. The van der Waals surface area contributed by atoms with E-state index in [1.165, 1.54) is 12.8 Å². The second-order valence-corrected chi connectivity index (χ2v) is 7.86. The van der Waals surface area contributed by atoms with E-state index in [1.54, 1.807) is 0 Å². The van der Waals surface area contributed by atoms with Gasteiger partial charge in [-0.1, -0.05) is 33.6 Å². The van der Waals surface area contributed by atoms with Crippen molar-refractivity contribution in [3.05, 3.63) is 0 Å². The number of ether oxygens (including phenoxy) is 1. The standard InChI is InChI=1S/C12H25NO3S/c1-12(2,3)11(9-17(13,14)15)8-16-7-6-10-4-5-10/h10-11H,4-9H2,1-3H3,(H2,13,14,15). The molecular formula is C12H25NO3S. The van der Waals surface area contributed by atoms with Gasteiger partial charge < -0.3 is 4.74 Å². The molecule has 1 aliphatic carbocycles. The average molecular weight is 263 g/mol. The van der Waals surface area contributed by atoms with Crippen LogP contribution in [0.1, 0.15) is 40.0 Å². The van der Waals surface area contributed by atoms with Gasteiger partial charge in [0, 0.05) is 12.5 Å². The molecule has 0 heterocycles. The average Bonchev–Trinajstić information content (AvgIpc) is 2.90. The molecule has 1 fully saturated rings. The number of hydrogen-bond acceptors (Lipinski definition) is 3. The minimum absolute atomic E-state index is 0.0000709. The number of rotatable bonds is 7. The molecule has 1 atom stereocenters. The number of primary sulfonamides is 1. The second kappa shape index (κ2) is 5.67. The summed E-state index contributed by atoms with van der Waals surface area (Å²) < 4.78 is 27.9. The van der Waals surface area contributed by atoms with Crippen molar-refractivity contribution in [2.75, 3.05) is 19.0 Å². The molecule has 2 N–H and O–H groups in total. The first-order valence-corrected chi connectivity index (χ1v) is 7.98. The lowest BCUT2D eigenvalue weighted by molar-refractivity contribution is 0.0620. The van der Waals surface area contributed by atoms with Crippen molar-refractivity contribution >= 4 is 10.0 Å². The summed E-state index contributed by atoms with van der Waals surface area (Å²) in [5.74, 6) is 0.804. The quantitative estimate of drug-likeness (QED) is 0.711. The number of sulfonamides is 1. The van der Waals surface area contributed by atoms with Crippen LogP contribution < -0.4 is 5.14 Å². The molecule has 0 aromatic carbocycles. The highest BCUT2D eigenvalue weighted by molar-refractivity contribution is 7.89. The Bertz CT molecular complexity index is 328. The van der Waals surface area contributed by atoms with Crippen molar-refractivity contribution in [3.8, 4) is 0 Å². The Morgan fingerprint density at radius 1 is 1.35 bits per heavy atom. The molecular weight excluding hydrogens is 238 g/mol.